The first-order valence-electron chi connectivity index (χ1n) is 8.98. The lowest BCUT2D eigenvalue weighted by molar-refractivity contribution is -0.127. The highest BCUT2D eigenvalue weighted by atomic mass is 32.2. The summed E-state index contributed by atoms with van der Waals surface area (Å²) in [6.45, 7) is 4.03. The lowest BCUT2D eigenvalue weighted by Gasteiger charge is -2.09. The molecule has 1 saturated heterocycles. The van der Waals surface area contributed by atoms with Gasteiger partial charge in [0, 0.05) is 19.2 Å². The van der Waals surface area contributed by atoms with Gasteiger partial charge in [0.1, 0.15) is 5.25 Å². The lowest BCUT2D eigenvalue weighted by atomic mass is 10.1. The SMILES string of the molecule is Cc1ccc(N=C2S[C@H](CC(=O)Nc3ccc(C(=O)O)cc3)C(=O)N2C)cc1C. The van der Waals surface area contributed by atoms with Gasteiger partial charge in [0.05, 0.1) is 11.3 Å². The number of benzene rings is 2. The number of thioether (sulfide) groups is 1. The number of aryl methyl sites for hydroxylation is 2. The fourth-order valence-corrected chi connectivity index (χ4v) is 3.93. The Morgan fingerprint density at radius 1 is 1.14 bits per heavy atom. The van der Waals surface area contributed by atoms with Crippen molar-refractivity contribution < 1.29 is 19.5 Å². The topological polar surface area (TPSA) is 99.1 Å². The van der Waals surface area contributed by atoms with Gasteiger partial charge in [0.25, 0.3) is 0 Å². The Balaban J connectivity index is 1.65. The zero-order valence-electron chi connectivity index (χ0n) is 16.3. The first-order valence-corrected chi connectivity index (χ1v) is 9.86. The fourth-order valence-electron chi connectivity index (χ4n) is 2.78. The van der Waals surface area contributed by atoms with Crippen LogP contribution in [0, 0.1) is 13.8 Å². The molecule has 0 saturated carbocycles. The number of aliphatic imine (C=N–C) groups is 1. The van der Waals surface area contributed by atoms with Crippen molar-refractivity contribution in [3.8, 4) is 0 Å². The van der Waals surface area contributed by atoms with Gasteiger partial charge in [-0.1, -0.05) is 17.8 Å². The molecule has 0 radical (unpaired) electrons. The standard InChI is InChI=1S/C21H21N3O4S/c1-12-4-7-16(10-13(12)2)23-21-24(3)19(26)17(29-21)11-18(25)22-15-8-5-14(6-9-15)20(27)28/h4-10,17H,11H2,1-3H3,(H,22,25)(H,27,28)/t17-/m1/s1. The van der Waals surface area contributed by atoms with E-state index in [1.165, 1.54) is 46.5 Å². The quantitative estimate of drug-likeness (QED) is 0.783. The summed E-state index contributed by atoms with van der Waals surface area (Å²) in [5.41, 5.74) is 3.67. The summed E-state index contributed by atoms with van der Waals surface area (Å²) in [5.74, 6) is -1.52. The van der Waals surface area contributed by atoms with Crippen molar-refractivity contribution in [2.75, 3.05) is 12.4 Å². The molecule has 7 nitrogen and oxygen atoms in total. The molecule has 8 heteroatoms. The molecule has 2 N–H and O–H groups in total. The fraction of sp³-hybridized carbons (Fsp3) is 0.238. The number of carbonyl (C=O) groups is 3. The number of carboxylic acids is 1. The molecule has 29 heavy (non-hydrogen) atoms. The Morgan fingerprint density at radius 3 is 2.45 bits per heavy atom. The third-order valence-electron chi connectivity index (χ3n) is 4.64. The maximum atomic E-state index is 12.5. The van der Waals surface area contributed by atoms with Gasteiger partial charge in [-0.3, -0.25) is 14.5 Å². The summed E-state index contributed by atoms with van der Waals surface area (Å²) in [6, 6.07) is 11.7. The van der Waals surface area contributed by atoms with Crippen molar-refractivity contribution in [1.82, 2.24) is 4.90 Å². The van der Waals surface area contributed by atoms with Gasteiger partial charge in [0.2, 0.25) is 11.8 Å². The third kappa shape index (κ3) is 4.83. The van der Waals surface area contributed by atoms with E-state index in [9.17, 15) is 14.4 Å². The van der Waals surface area contributed by atoms with Crippen LogP contribution in [0.4, 0.5) is 11.4 Å². The first-order chi connectivity index (χ1) is 13.7. The van der Waals surface area contributed by atoms with E-state index in [1.807, 2.05) is 32.0 Å². The van der Waals surface area contributed by atoms with Crippen LogP contribution in [0.15, 0.2) is 47.5 Å². The predicted molar refractivity (Wildman–Crippen MR) is 114 cm³/mol. The van der Waals surface area contributed by atoms with Crippen LogP contribution in [0.1, 0.15) is 27.9 Å². The van der Waals surface area contributed by atoms with E-state index in [2.05, 4.69) is 10.3 Å². The molecule has 150 valence electrons. The van der Waals surface area contributed by atoms with Gasteiger partial charge < -0.3 is 10.4 Å². The number of amidine groups is 1. The number of aromatic carboxylic acids is 1. The van der Waals surface area contributed by atoms with E-state index in [4.69, 9.17) is 5.11 Å². The molecular formula is C21H21N3O4S. The number of hydrogen-bond donors (Lipinski definition) is 2. The number of nitrogens with one attached hydrogen (secondary N) is 1. The van der Waals surface area contributed by atoms with E-state index in [0.29, 0.717) is 10.9 Å². The highest BCUT2D eigenvalue weighted by Gasteiger charge is 2.37. The van der Waals surface area contributed by atoms with Gasteiger partial charge in [0.15, 0.2) is 5.17 Å². The van der Waals surface area contributed by atoms with Gasteiger partial charge in [-0.2, -0.15) is 0 Å². The number of hydrogen-bond acceptors (Lipinski definition) is 5. The van der Waals surface area contributed by atoms with Crippen LogP contribution >= 0.6 is 11.8 Å². The largest absolute Gasteiger partial charge is 0.478 e. The van der Waals surface area contributed by atoms with Crippen molar-refractivity contribution in [3.63, 3.8) is 0 Å². The predicted octanol–water partition coefficient (Wildman–Crippen LogP) is 3.59. The zero-order valence-corrected chi connectivity index (χ0v) is 17.1. The molecular weight excluding hydrogens is 390 g/mol. The minimum absolute atomic E-state index is 0.000464. The maximum absolute atomic E-state index is 12.5. The summed E-state index contributed by atoms with van der Waals surface area (Å²) in [7, 11) is 1.65. The second kappa shape index (κ2) is 8.48. The van der Waals surface area contributed by atoms with Crippen LogP contribution in [-0.4, -0.2) is 45.3 Å². The molecule has 0 bridgehead atoms. The number of rotatable bonds is 5. The van der Waals surface area contributed by atoms with E-state index >= 15 is 0 Å². The van der Waals surface area contributed by atoms with Gasteiger partial charge in [-0.25, -0.2) is 9.79 Å². The summed E-state index contributed by atoms with van der Waals surface area (Å²) in [6.07, 6.45) is 0.000464. The molecule has 1 aliphatic heterocycles. The Morgan fingerprint density at radius 2 is 1.83 bits per heavy atom. The number of nitrogens with zero attached hydrogens (tertiary/aromatic N) is 2. The van der Waals surface area contributed by atoms with Crippen LogP contribution in [0.3, 0.4) is 0 Å². The molecule has 0 aromatic heterocycles. The molecule has 2 aromatic carbocycles. The van der Waals surface area contributed by atoms with Crippen LogP contribution < -0.4 is 5.32 Å². The molecule has 0 spiro atoms. The molecule has 2 amide bonds. The smallest absolute Gasteiger partial charge is 0.335 e. The summed E-state index contributed by atoms with van der Waals surface area (Å²) < 4.78 is 0. The van der Waals surface area contributed by atoms with Crippen LogP contribution in [0.2, 0.25) is 0 Å². The molecule has 1 atom stereocenters. The Hall–Kier alpha value is -3.13. The third-order valence-corrected chi connectivity index (χ3v) is 5.87. The highest BCUT2D eigenvalue weighted by Crippen LogP contribution is 2.31. The summed E-state index contributed by atoms with van der Waals surface area (Å²) in [5, 5.41) is 11.6. The van der Waals surface area contributed by atoms with Crippen molar-refractivity contribution in [1.29, 1.82) is 0 Å². The number of amides is 2. The normalized spacial score (nSPS) is 17.6. The molecule has 1 aliphatic rings. The van der Waals surface area contributed by atoms with E-state index in [-0.39, 0.29) is 23.8 Å². The van der Waals surface area contributed by atoms with Crippen LogP contribution in [0.5, 0.6) is 0 Å². The van der Waals surface area contributed by atoms with Crippen molar-refractivity contribution in [3.05, 3.63) is 59.2 Å². The van der Waals surface area contributed by atoms with E-state index in [1.54, 1.807) is 7.05 Å². The minimum atomic E-state index is -1.03. The summed E-state index contributed by atoms with van der Waals surface area (Å²) in [4.78, 5) is 41.8. The van der Waals surface area contributed by atoms with Crippen LogP contribution in [-0.2, 0) is 9.59 Å². The van der Waals surface area contributed by atoms with Crippen LogP contribution in [0.25, 0.3) is 0 Å². The maximum Gasteiger partial charge on any atom is 0.335 e. The molecule has 1 fully saturated rings. The monoisotopic (exact) mass is 411 g/mol. The van der Waals surface area contributed by atoms with Crippen molar-refractivity contribution in [2.24, 2.45) is 4.99 Å². The average molecular weight is 411 g/mol. The molecule has 1 heterocycles. The molecule has 0 unspecified atom stereocenters. The van der Waals surface area contributed by atoms with Crippen molar-refractivity contribution >= 4 is 46.1 Å². The highest BCUT2D eigenvalue weighted by molar-refractivity contribution is 8.15. The second-order valence-electron chi connectivity index (χ2n) is 6.80. The first kappa shape index (κ1) is 20.6. The molecule has 3 rings (SSSR count). The Kier molecular flexibility index (Phi) is 6.03. The number of anilines is 1. The number of carbonyl (C=O) groups excluding carboxylic acids is 2. The van der Waals surface area contributed by atoms with Gasteiger partial charge in [-0.05, 0) is 61.4 Å². The van der Waals surface area contributed by atoms with Gasteiger partial charge in [-0.15, -0.1) is 0 Å². The lowest BCUT2D eigenvalue weighted by Crippen LogP contribution is -2.30. The van der Waals surface area contributed by atoms with E-state index in [0.717, 1.165) is 11.3 Å². The summed E-state index contributed by atoms with van der Waals surface area (Å²) >= 11 is 1.26. The molecule has 2 aromatic rings. The average Bonchev–Trinajstić information content (AvgIpc) is 2.93. The minimum Gasteiger partial charge on any atom is -0.478 e. The number of carboxylic acid groups (broad SMARTS) is 1. The molecule has 0 aliphatic carbocycles. The second-order valence-corrected chi connectivity index (χ2v) is 7.97. The Labute approximate surface area is 172 Å². The Bertz CT molecular complexity index is 1000. The zero-order chi connectivity index (χ0) is 21.1. The van der Waals surface area contributed by atoms with Gasteiger partial charge >= 0.3 is 5.97 Å². The van der Waals surface area contributed by atoms with E-state index < -0.39 is 11.2 Å². The van der Waals surface area contributed by atoms with Crippen molar-refractivity contribution in [2.45, 2.75) is 25.5 Å².